The highest BCUT2D eigenvalue weighted by molar-refractivity contribution is 5.14. The van der Waals surface area contributed by atoms with Crippen LogP contribution in [-0.4, -0.2) is 57.0 Å². The number of hydrogen-bond donors (Lipinski definition) is 2. The molecule has 5 unspecified atom stereocenters. The normalized spacial score (nSPS) is 39.1. The Morgan fingerprint density at radius 2 is 1.57 bits per heavy atom. The van der Waals surface area contributed by atoms with Crippen LogP contribution in [0.3, 0.4) is 0 Å². The van der Waals surface area contributed by atoms with Crippen molar-refractivity contribution >= 4 is 0 Å². The summed E-state index contributed by atoms with van der Waals surface area (Å²) in [6.07, 6.45) is 15.3. The molecule has 4 aliphatic carbocycles. The summed E-state index contributed by atoms with van der Waals surface area (Å²) in [6.45, 7) is 10.2. The molecule has 9 atom stereocenters. The van der Waals surface area contributed by atoms with Crippen LogP contribution in [0.1, 0.15) is 90.0 Å². The van der Waals surface area contributed by atoms with Gasteiger partial charge in [-0.3, -0.25) is 0 Å². The third-order valence-electron chi connectivity index (χ3n) is 12.4. The van der Waals surface area contributed by atoms with E-state index in [0.717, 1.165) is 24.3 Å². The maximum Gasteiger partial charge on any atom is 0.0612 e. The van der Waals surface area contributed by atoms with Crippen LogP contribution in [0.25, 0.3) is 0 Å². The molecule has 0 heterocycles. The molecule has 1 aromatic rings. The molecule has 0 bridgehead atoms. The fourth-order valence-corrected chi connectivity index (χ4v) is 10.3. The standard InChI is InChI=1S/C35H59N3O2/c1-34-17-15-31-33(32(40-22-19-37)24-28-23-29(39-21-18-36)14-16-35(28,31)2)30(34)13-12-27(34)11-7-8-20-38(3)25-26-9-5-4-6-10-26/h4-6,9-10,27-33H,7-8,11-25,36-37H2,1-3H3/t27-,28?,29+,30?,31?,32?,33?,34+,35-/m0/s1. The molecule has 4 fully saturated rings. The van der Waals surface area contributed by atoms with Gasteiger partial charge in [-0.2, -0.15) is 0 Å². The summed E-state index contributed by atoms with van der Waals surface area (Å²) in [6, 6.07) is 10.9. The van der Waals surface area contributed by atoms with Gasteiger partial charge in [0.15, 0.2) is 0 Å². The van der Waals surface area contributed by atoms with Gasteiger partial charge >= 0.3 is 0 Å². The Morgan fingerprint density at radius 1 is 0.850 bits per heavy atom. The largest absolute Gasteiger partial charge is 0.377 e. The lowest BCUT2D eigenvalue weighted by molar-refractivity contribution is -0.189. The number of hydrogen-bond acceptors (Lipinski definition) is 5. The average molecular weight is 554 g/mol. The van der Waals surface area contributed by atoms with Gasteiger partial charge in [0, 0.05) is 19.6 Å². The van der Waals surface area contributed by atoms with E-state index in [1.165, 1.54) is 82.7 Å². The third kappa shape index (κ3) is 6.34. The lowest BCUT2D eigenvalue weighted by Crippen LogP contribution is -2.59. The molecule has 0 aliphatic heterocycles. The van der Waals surface area contributed by atoms with E-state index in [9.17, 15) is 0 Å². The number of unbranched alkanes of at least 4 members (excludes halogenated alkanes) is 1. The van der Waals surface area contributed by atoms with Crippen LogP contribution < -0.4 is 11.5 Å². The predicted molar refractivity (Wildman–Crippen MR) is 165 cm³/mol. The van der Waals surface area contributed by atoms with E-state index in [2.05, 4.69) is 56.1 Å². The molecule has 0 aromatic heterocycles. The fraction of sp³-hybridized carbons (Fsp3) is 0.829. The molecule has 40 heavy (non-hydrogen) atoms. The zero-order valence-corrected chi connectivity index (χ0v) is 25.9. The Kier molecular flexibility index (Phi) is 10.3. The van der Waals surface area contributed by atoms with Crippen LogP contribution in [-0.2, 0) is 16.0 Å². The number of ether oxygens (including phenoxy) is 2. The lowest BCUT2D eigenvalue weighted by Gasteiger charge is -2.63. The number of benzene rings is 1. The summed E-state index contributed by atoms with van der Waals surface area (Å²) in [5.74, 6) is 3.87. The van der Waals surface area contributed by atoms with Crippen LogP contribution in [0.2, 0.25) is 0 Å². The van der Waals surface area contributed by atoms with Crippen molar-refractivity contribution in [1.82, 2.24) is 4.90 Å². The minimum atomic E-state index is 0.370. The summed E-state index contributed by atoms with van der Waals surface area (Å²) >= 11 is 0. The molecule has 5 rings (SSSR count). The predicted octanol–water partition coefficient (Wildman–Crippen LogP) is 6.25. The highest BCUT2D eigenvalue weighted by Gasteiger charge is 2.62. The van der Waals surface area contributed by atoms with E-state index in [4.69, 9.17) is 20.9 Å². The van der Waals surface area contributed by atoms with E-state index in [1.54, 1.807) is 0 Å². The monoisotopic (exact) mass is 553 g/mol. The van der Waals surface area contributed by atoms with E-state index in [-0.39, 0.29) is 0 Å². The first kappa shape index (κ1) is 30.5. The molecule has 0 spiro atoms. The summed E-state index contributed by atoms with van der Waals surface area (Å²) in [4.78, 5) is 2.49. The van der Waals surface area contributed by atoms with Gasteiger partial charge in [-0.15, -0.1) is 0 Å². The second kappa shape index (κ2) is 13.5. The molecule has 0 amide bonds. The Balaban J connectivity index is 1.21. The SMILES string of the molecule is CN(CCCC[C@H]1CCC2C3C(OCCN)CC4C[C@H](OCCN)CC[C@]4(C)C3CC[C@@]21C)Cc1ccccc1. The Hall–Kier alpha value is -0.980. The van der Waals surface area contributed by atoms with Gasteiger partial charge in [-0.05, 0) is 124 Å². The summed E-state index contributed by atoms with van der Waals surface area (Å²) in [5, 5.41) is 0. The molecular formula is C35H59N3O2. The Labute approximate surface area is 245 Å². The summed E-state index contributed by atoms with van der Waals surface area (Å²) in [5.41, 5.74) is 14.1. The molecule has 4 N–H and O–H groups in total. The molecule has 0 radical (unpaired) electrons. The number of rotatable bonds is 13. The molecule has 1 aromatic carbocycles. The molecule has 5 nitrogen and oxygen atoms in total. The molecule has 5 heteroatoms. The van der Waals surface area contributed by atoms with Gasteiger partial charge in [0.1, 0.15) is 0 Å². The van der Waals surface area contributed by atoms with Gasteiger partial charge < -0.3 is 25.8 Å². The van der Waals surface area contributed by atoms with E-state index < -0.39 is 0 Å². The maximum atomic E-state index is 6.68. The zero-order chi connectivity index (χ0) is 28.2. The van der Waals surface area contributed by atoms with Gasteiger partial charge in [0.25, 0.3) is 0 Å². The van der Waals surface area contributed by atoms with Crippen molar-refractivity contribution in [3.8, 4) is 0 Å². The first-order chi connectivity index (χ1) is 19.4. The highest BCUT2D eigenvalue weighted by atomic mass is 16.5. The molecule has 4 aliphatic rings. The van der Waals surface area contributed by atoms with Crippen molar-refractivity contribution in [1.29, 1.82) is 0 Å². The average Bonchev–Trinajstić information content (AvgIpc) is 3.29. The second-order valence-electron chi connectivity index (χ2n) is 14.5. The second-order valence-corrected chi connectivity index (χ2v) is 14.5. The Bertz CT molecular complexity index is 913. The minimum absolute atomic E-state index is 0.370. The van der Waals surface area contributed by atoms with Crippen LogP contribution in [0.4, 0.5) is 0 Å². The van der Waals surface area contributed by atoms with Crippen LogP contribution in [0, 0.1) is 40.4 Å². The van der Waals surface area contributed by atoms with Crippen LogP contribution in [0.5, 0.6) is 0 Å². The maximum absolute atomic E-state index is 6.68. The lowest BCUT2D eigenvalue weighted by atomic mass is 9.44. The summed E-state index contributed by atoms with van der Waals surface area (Å²) < 4.78 is 12.9. The van der Waals surface area contributed by atoms with Crippen molar-refractivity contribution in [3.05, 3.63) is 35.9 Å². The molecule has 0 saturated heterocycles. The summed E-state index contributed by atoms with van der Waals surface area (Å²) in [7, 11) is 2.28. The smallest absolute Gasteiger partial charge is 0.0612 e. The van der Waals surface area contributed by atoms with Gasteiger partial charge in [-0.1, -0.05) is 50.6 Å². The van der Waals surface area contributed by atoms with E-state index in [1.807, 2.05) is 0 Å². The topological polar surface area (TPSA) is 73.7 Å². The number of nitrogens with two attached hydrogens (primary N) is 2. The Morgan fingerprint density at radius 3 is 2.35 bits per heavy atom. The third-order valence-corrected chi connectivity index (χ3v) is 12.4. The van der Waals surface area contributed by atoms with Crippen LogP contribution in [0.15, 0.2) is 30.3 Å². The molecule has 226 valence electrons. The number of nitrogens with zero attached hydrogens (tertiary/aromatic N) is 1. The fourth-order valence-electron chi connectivity index (χ4n) is 10.3. The highest BCUT2D eigenvalue weighted by Crippen LogP contribution is 2.68. The van der Waals surface area contributed by atoms with E-state index in [0.29, 0.717) is 61.2 Å². The van der Waals surface area contributed by atoms with Crippen molar-refractivity contribution in [2.24, 2.45) is 51.9 Å². The van der Waals surface area contributed by atoms with Crippen LogP contribution >= 0.6 is 0 Å². The van der Waals surface area contributed by atoms with Crippen molar-refractivity contribution in [2.45, 2.75) is 103 Å². The number of fused-ring (bicyclic) bond motifs is 5. The van der Waals surface area contributed by atoms with Gasteiger partial charge in [0.05, 0.1) is 25.4 Å². The first-order valence-electron chi connectivity index (χ1n) is 16.7. The quantitative estimate of drug-likeness (QED) is 0.283. The molecular weight excluding hydrogens is 494 g/mol. The van der Waals surface area contributed by atoms with Crippen molar-refractivity contribution in [3.63, 3.8) is 0 Å². The zero-order valence-electron chi connectivity index (χ0n) is 25.9. The van der Waals surface area contributed by atoms with E-state index >= 15 is 0 Å². The first-order valence-corrected chi connectivity index (χ1v) is 16.7. The van der Waals surface area contributed by atoms with Gasteiger partial charge in [0.2, 0.25) is 0 Å². The van der Waals surface area contributed by atoms with Gasteiger partial charge in [-0.25, -0.2) is 0 Å². The van der Waals surface area contributed by atoms with Crippen molar-refractivity contribution < 1.29 is 9.47 Å². The van der Waals surface area contributed by atoms with Crippen molar-refractivity contribution in [2.75, 3.05) is 39.9 Å². The minimum Gasteiger partial charge on any atom is -0.377 e. The molecule has 4 saturated carbocycles.